The molecule has 5 rings (SSSR count). The second-order valence-corrected chi connectivity index (χ2v) is 7.26. The molecular formula is C20H25N7O. The van der Waals surface area contributed by atoms with Crippen molar-refractivity contribution in [2.24, 2.45) is 5.92 Å². The lowest BCUT2D eigenvalue weighted by molar-refractivity contribution is 0.0699. The van der Waals surface area contributed by atoms with E-state index >= 15 is 0 Å². The van der Waals surface area contributed by atoms with Crippen molar-refractivity contribution in [1.29, 1.82) is 0 Å². The Hall–Kier alpha value is -3.13. The Morgan fingerprint density at radius 1 is 1.25 bits per heavy atom. The number of aromatic amines is 1. The molecule has 0 saturated carbocycles. The summed E-state index contributed by atoms with van der Waals surface area (Å²) in [6.45, 7) is 4.64. The lowest BCUT2D eigenvalue weighted by Crippen LogP contribution is -2.23. The first-order valence-electron chi connectivity index (χ1n) is 9.65. The van der Waals surface area contributed by atoms with Gasteiger partial charge < -0.3 is 15.4 Å². The van der Waals surface area contributed by atoms with Crippen LogP contribution in [0, 0.1) is 12.8 Å². The molecule has 8 nitrogen and oxygen atoms in total. The zero-order chi connectivity index (χ0) is 18.9. The molecule has 3 N–H and O–H groups in total. The molecule has 1 aromatic carbocycles. The molecule has 3 aromatic heterocycles. The van der Waals surface area contributed by atoms with Gasteiger partial charge in [0.15, 0.2) is 5.65 Å². The van der Waals surface area contributed by atoms with Gasteiger partial charge >= 0.3 is 0 Å². The summed E-state index contributed by atoms with van der Waals surface area (Å²) in [5.74, 6) is 2.14. The topological polar surface area (TPSA) is 92.2 Å². The predicted molar refractivity (Wildman–Crippen MR) is 111 cm³/mol. The number of aromatic nitrogens is 5. The van der Waals surface area contributed by atoms with E-state index in [4.69, 9.17) is 4.74 Å². The standard InChI is InChI=1S/C20H23N7O.H2/c1-13-16-6-5-15(11-17(16)25-24-13)22-20-23-19-4-2-3-18(27(19)26-20)21-12-14-7-9-28-10-8-14;/h2-6,11,14,21H,7-10,12H2,1H3,(H,22,26)(H,24,25);1H. The maximum atomic E-state index is 5.44. The smallest absolute Gasteiger partial charge is 0.247 e. The van der Waals surface area contributed by atoms with Gasteiger partial charge in [0.05, 0.1) is 5.52 Å². The van der Waals surface area contributed by atoms with Crippen LogP contribution < -0.4 is 10.6 Å². The van der Waals surface area contributed by atoms with Gasteiger partial charge in [0.1, 0.15) is 5.82 Å². The van der Waals surface area contributed by atoms with Crippen molar-refractivity contribution < 1.29 is 6.16 Å². The molecule has 0 aliphatic carbocycles. The number of nitrogens with zero attached hydrogens (tertiary/aromatic N) is 4. The molecule has 146 valence electrons. The Morgan fingerprint density at radius 2 is 2.14 bits per heavy atom. The summed E-state index contributed by atoms with van der Waals surface area (Å²) in [6.07, 6.45) is 2.20. The minimum atomic E-state index is 0. The van der Waals surface area contributed by atoms with Crippen LogP contribution in [0.15, 0.2) is 36.4 Å². The number of H-pyrrole nitrogens is 1. The number of ether oxygens (including phenoxy) is 1. The van der Waals surface area contributed by atoms with Crippen LogP contribution in [0.3, 0.4) is 0 Å². The molecule has 0 amide bonds. The number of rotatable bonds is 5. The molecule has 4 aromatic rings. The van der Waals surface area contributed by atoms with Crippen LogP contribution in [0.25, 0.3) is 16.6 Å². The zero-order valence-corrected chi connectivity index (χ0v) is 15.8. The van der Waals surface area contributed by atoms with Crippen LogP contribution >= 0.6 is 0 Å². The maximum absolute atomic E-state index is 5.44. The lowest BCUT2D eigenvalue weighted by atomic mass is 10.0. The van der Waals surface area contributed by atoms with Crippen molar-refractivity contribution in [1.82, 2.24) is 24.8 Å². The molecule has 0 radical (unpaired) electrons. The van der Waals surface area contributed by atoms with E-state index in [2.05, 4.69) is 30.9 Å². The fraction of sp³-hybridized carbons (Fsp3) is 0.350. The number of benzene rings is 1. The molecule has 1 aliphatic rings. The third-order valence-electron chi connectivity index (χ3n) is 5.27. The van der Waals surface area contributed by atoms with Gasteiger partial charge in [-0.3, -0.25) is 5.10 Å². The van der Waals surface area contributed by atoms with E-state index in [1.807, 2.05) is 47.8 Å². The van der Waals surface area contributed by atoms with Crippen LogP contribution in [-0.4, -0.2) is 44.6 Å². The average Bonchev–Trinajstić information content (AvgIpc) is 3.30. The second kappa shape index (κ2) is 7.12. The van der Waals surface area contributed by atoms with Gasteiger partial charge in [0.25, 0.3) is 0 Å². The fourth-order valence-electron chi connectivity index (χ4n) is 3.64. The lowest BCUT2D eigenvalue weighted by Gasteiger charge is -2.22. The van der Waals surface area contributed by atoms with E-state index in [1.54, 1.807) is 0 Å². The number of aryl methyl sites for hydroxylation is 1. The average molecular weight is 379 g/mol. The van der Waals surface area contributed by atoms with Gasteiger partial charge in [0, 0.05) is 38.0 Å². The van der Waals surface area contributed by atoms with Crippen molar-refractivity contribution in [2.45, 2.75) is 19.8 Å². The molecule has 1 saturated heterocycles. The van der Waals surface area contributed by atoms with Gasteiger partial charge in [-0.05, 0) is 56.0 Å². The number of fused-ring (bicyclic) bond motifs is 2. The predicted octanol–water partition coefficient (Wildman–Crippen LogP) is 3.74. The van der Waals surface area contributed by atoms with Crippen molar-refractivity contribution in [3.05, 3.63) is 42.1 Å². The number of anilines is 3. The third kappa shape index (κ3) is 3.27. The highest BCUT2D eigenvalue weighted by atomic mass is 16.5. The van der Waals surface area contributed by atoms with E-state index in [-0.39, 0.29) is 1.43 Å². The summed E-state index contributed by atoms with van der Waals surface area (Å²) in [4.78, 5) is 4.60. The Morgan fingerprint density at radius 3 is 3.04 bits per heavy atom. The summed E-state index contributed by atoms with van der Waals surface area (Å²) in [5.41, 5.74) is 3.69. The Balaban J connectivity index is 0.00000205. The largest absolute Gasteiger partial charge is 0.381 e. The van der Waals surface area contributed by atoms with E-state index in [0.717, 1.165) is 66.3 Å². The van der Waals surface area contributed by atoms with Gasteiger partial charge in [0.2, 0.25) is 5.95 Å². The Bertz CT molecular complexity index is 1120. The van der Waals surface area contributed by atoms with E-state index < -0.39 is 0 Å². The molecule has 28 heavy (non-hydrogen) atoms. The molecule has 4 heterocycles. The molecule has 0 spiro atoms. The zero-order valence-electron chi connectivity index (χ0n) is 15.8. The monoisotopic (exact) mass is 379 g/mol. The number of hydrogen-bond acceptors (Lipinski definition) is 6. The summed E-state index contributed by atoms with van der Waals surface area (Å²) in [6, 6.07) is 12.0. The quantitative estimate of drug-likeness (QED) is 0.489. The molecule has 1 aliphatic heterocycles. The Kier molecular flexibility index (Phi) is 4.32. The van der Waals surface area contributed by atoms with E-state index in [1.165, 1.54) is 0 Å². The molecule has 0 bridgehead atoms. The fourth-order valence-corrected chi connectivity index (χ4v) is 3.64. The van der Waals surface area contributed by atoms with Crippen LogP contribution in [-0.2, 0) is 4.74 Å². The van der Waals surface area contributed by atoms with E-state index in [9.17, 15) is 0 Å². The maximum Gasteiger partial charge on any atom is 0.247 e. The summed E-state index contributed by atoms with van der Waals surface area (Å²) in [5, 5.41) is 19.9. The van der Waals surface area contributed by atoms with Gasteiger partial charge in [-0.15, -0.1) is 5.10 Å². The summed E-state index contributed by atoms with van der Waals surface area (Å²) < 4.78 is 7.29. The third-order valence-corrected chi connectivity index (χ3v) is 5.27. The van der Waals surface area contributed by atoms with Crippen LogP contribution in [0.5, 0.6) is 0 Å². The van der Waals surface area contributed by atoms with E-state index in [0.29, 0.717) is 11.9 Å². The van der Waals surface area contributed by atoms with Gasteiger partial charge in [-0.1, -0.05) is 6.07 Å². The highest BCUT2D eigenvalue weighted by Gasteiger charge is 2.14. The van der Waals surface area contributed by atoms with Gasteiger partial charge in [-0.2, -0.15) is 14.6 Å². The van der Waals surface area contributed by atoms with Crippen molar-refractivity contribution in [3.8, 4) is 0 Å². The van der Waals surface area contributed by atoms with Crippen LogP contribution in [0.2, 0.25) is 0 Å². The molecule has 1 fully saturated rings. The normalized spacial score (nSPS) is 15.3. The highest BCUT2D eigenvalue weighted by molar-refractivity contribution is 5.85. The van der Waals surface area contributed by atoms with Gasteiger partial charge in [-0.25, -0.2) is 0 Å². The first kappa shape index (κ1) is 17.0. The molecular weight excluding hydrogens is 354 g/mol. The molecule has 8 heteroatoms. The number of pyridine rings is 1. The van der Waals surface area contributed by atoms with Crippen LogP contribution in [0.4, 0.5) is 17.5 Å². The van der Waals surface area contributed by atoms with Crippen LogP contribution in [0.1, 0.15) is 20.0 Å². The minimum absolute atomic E-state index is 0. The first-order valence-corrected chi connectivity index (χ1v) is 9.65. The summed E-state index contributed by atoms with van der Waals surface area (Å²) in [7, 11) is 0. The Labute approximate surface area is 163 Å². The second-order valence-electron chi connectivity index (χ2n) is 7.26. The SMILES string of the molecule is Cc1[nH]nc2cc(Nc3nc4cccc(NCC5CCOCC5)n4n3)ccc12.[HH]. The van der Waals surface area contributed by atoms with Crippen molar-refractivity contribution in [2.75, 3.05) is 30.4 Å². The number of nitrogens with one attached hydrogen (secondary N) is 3. The molecule has 0 atom stereocenters. The minimum Gasteiger partial charge on any atom is -0.381 e. The molecule has 0 unspecified atom stereocenters. The number of hydrogen-bond donors (Lipinski definition) is 3. The van der Waals surface area contributed by atoms with Crippen molar-refractivity contribution >= 4 is 34.0 Å². The van der Waals surface area contributed by atoms with Crippen molar-refractivity contribution in [3.63, 3.8) is 0 Å². The summed E-state index contributed by atoms with van der Waals surface area (Å²) >= 11 is 0. The first-order chi connectivity index (χ1) is 13.8. The highest BCUT2D eigenvalue weighted by Crippen LogP contribution is 2.23.